The molecule has 1 aliphatic heterocycles. The van der Waals surface area contributed by atoms with Gasteiger partial charge in [-0.25, -0.2) is 0 Å². The van der Waals surface area contributed by atoms with Crippen LogP contribution in [0.5, 0.6) is 0 Å². The maximum Gasteiger partial charge on any atom is 0.245 e. The van der Waals surface area contributed by atoms with Crippen LogP contribution in [0.25, 0.3) is 0 Å². The first-order valence-electron chi connectivity index (χ1n) is 8.05. The van der Waals surface area contributed by atoms with Crippen molar-refractivity contribution in [1.82, 2.24) is 24.9 Å². The number of rotatable bonds is 4. The predicted octanol–water partition coefficient (Wildman–Crippen LogP) is 2.48. The smallest absolute Gasteiger partial charge is 0.245 e. The maximum atomic E-state index is 6.23. The van der Waals surface area contributed by atoms with Crippen molar-refractivity contribution in [2.45, 2.75) is 31.3 Å². The molecule has 1 saturated carbocycles. The third-order valence-corrected chi connectivity index (χ3v) is 5.01. The number of hydrogen-bond donors (Lipinski definition) is 0. The van der Waals surface area contributed by atoms with E-state index in [0.29, 0.717) is 5.92 Å². The first-order chi connectivity index (χ1) is 11.2. The number of likely N-dealkylation sites (N-methyl/N-ethyl adjacent to an activating group) is 1. The van der Waals surface area contributed by atoms with Gasteiger partial charge >= 0.3 is 0 Å². The van der Waals surface area contributed by atoms with Crippen molar-refractivity contribution in [3.05, 3.63) is 40.8 Å². The van der Waals surface area contributed by atoms with Gasteiger partial charge in [0.05, 0.1) is 5.02 Å². The van der Waals surface area contributed by atoms with E-state index in [4.69, 9.17) is 16.1 Å². The predicted molar refractivity (Wildman–Crippen MR) is 86.2 cm³/mol. The van der Waals surface area contributed by atoms with Crippen LogP contribution in [0.1, 0.15) is 42.1 Å². The molecule has 2 fully saturated rings. The molecule has 4 rings (SSSR count). The number of halogens is 1. The highest BCUT2D eigenvalue weighted by Gasteiger charge is 2.33. The molecule has 0 N–H and O–H groups in total. The lowest BCUT2D eigenvalue weighted by Gasteiger charge is -2.37. The van der Waals surface area contributed by atoms with Gasteiger partial charge in [0.25, 0.3) is 0 Å². The second-order valence-corrected chi connectivity index (χ2v) is 6.87. The quantitative estimate of drug-likeness (QED) is 0.856. The van der Waals surface area contributed by atoms with Crippen LogP contribution in [-0.4, -0.2) is 51.6 Å². The largest absolute Gasteiger partial charge is 0.338 e. The molecule has 0 amide bonds. The molecule has 1 unspecified atom stereocenters. The summed E-state index contributed by atoms with van der Waals surface area (Å²) in [7, 11) is 2.11. The number of hydrogen-bond acceptors (Lipinski definition) is 6. The van der Waals surface area contributed by atoms with E-state index in [2.05, 4.69) is 32.0 Å². The zero-order valence-electron chi connectivity index (χ0n) is 13.2. The van der Waals surface area contributed by atoms with Crippen LogP contribution in [0.2, 0.25) is 5.02 Å². The molecule has 1 aliphatic carbocycles. The summed E-state index contributed by atoms with van der Waals surface area (Å²) in [6.07, 6.45) is 5.86. The molecule has 6 nitrogen and oxygen atoms in total. The van der Waals surface area contributed by atoms with Gasteiger partial charge in [-0.2, -0.15) is 4.98 Å². The first-order valence-corrected chi connectivity index (χ1v) is 8.43. The summed E-state index contributed by atoms with van der Waals surface area (Å²) >= 11 is 6.23. The third-order valence-electron chi connectivity index (χ3n) is 4.67. The molecular formula is C16H20ClN5O. The standard InChI is InChI=1S/C16H20ClN5O/c1-21-6-7-22(9-12-4-5-18-8-13(12)17)10-14(21)16-19-15(20-23-16)11-2-3-11/h4-5,8,11,14H,2-3,6-7,9-10H2,1H3. The van der Waals surface area contributed by atoms with Crippen molar-refractivity contribution in [1.29, 1.82) is 0 Å². The molecule has 0 aromatic carbocycles. The Morgan fingerprint density at radius 3 is 3.00 bits per heavy atom. The van der Waals surface area contributed by atoms with E-state index < -0.39 is 0 Å². The van der Waals surface area contributed by atoms with Crippen LogP contribution in [0.15, 0.2) is 23.0 Å². The molecule has 3 heterocycles. The summed E-state index contributed by atoms with van der Waals surface area (Å²) in [4.78, 5) is 13.3. The van der Waals surface area contributed by atoms with E-state index in [0.717, 1.165) is 48.5 Å². The molecule has 1 atom stereocenters. The Kier molecular flexibility index (Phi) is 4.05. The summed E-state index contributed by atoms with van der Waals surface area (Å²) in [5.41, 5.74) is 1.11. The second-order valence-electron chi connectivity index (χ2n) is 6.46. The van der Waals surface area contributed by atoms with Crippen molar-refractivity contribution in [3.63, 3.8) is 0 Å². The molecule has 7 heteroatoms. The molecule has 23 heavy (non-hydrogen) atoms. The van der Waals surface area contributed by atoms with Gasteiger partial charge in [-0.15, -0.1) is 0 Å². The number of aromatic nitrogens is 3. The molecule has 0 spiro atoms. The average Bonchev–Trinajstić information content (AvgIpc) is 3.29. The van der Waals surface area contributed by atoms with Gasteiger partial charge in [-0.05, 0) is 31.5 Å². The Morgan fingerprint density at radius 2 is 2.22 bits per heavy atom. The minimum Gasteiger partial charge on any atom is -0.338 e. The van der Waals surface area contributed by atoms with E-state index in [9.17, 15) is 0 Å². The molecule has 2 aromatic rings. The monoisotopic (exact) mass is 333 g/mol. The Balaban J connectivity index is 1.47. The molecule has 122 valence electrons. The second kappa shape index (κ2) is 6.19. The normalized spacial score (nSPS) is 23.3. The molecule has 2 aromatic heterocycles. The SMILES string of the molecule is CN1CCN(Cc2ccncc2Cl)CC1c1nc(C2CC2)no1. The fourth-order valence-electron chi connectivity index (χ4n) is 3.00. The van der Waals surface area contributed by atoms with Gasteiger partial charge in [0.1, 0.15) is 6.04 Å². The van der Waals surface area contributed by atoms with Gasteiger partial charge in [-0.1, -0.05) is 16.8 Å². The molecule has 1 saturated heterocycles. The maximum absolute atomic E-state index is 6.23. The van der Waals surface area contributed by atoms with Crippen molar-refractivity contribution >= 4 is 11.6 Å². The summed E-state index contributed by atoms with van der Waals surface area (Å²) in [5.74, 6) is 2.13. The van der Waals surface area contributed by atoms with Crippen molar-refractivity contribution < 1.29 is 4.52 Å². The van der Waals surface area contributed by atoms with Crippen LogP contribution in [0.4, 0.5) is 0 Å². The highest BCUT2D eigenvalue weighted by molar-refractivity contribution is 6.31. The summed E-state index contributed by atoms with van der Waals surface area (Å²) in [6.45, 7) is 3.64. The van der Waals surface area contributed by atoms with E-state index in [1.54, 1.807) is 12.4 Å². The number of nitrogens with zero attached hydrogens (tertiary/aromatic N) is 5. The summed E-state index contributed by atoms with van der Waals surface area (Å²) < 4.78 is 5.53. The zero-order valence-corrected chi connectivity index (χ0v) is 13.9. The number of pyridine rings is 1. The van der Waals surface area contributed by atoms with E-state index in [-0.39, 0.29) is 6.04 Å². The third kappa shape index (κ3) is 3.24. The molecule has 0 radical (unpaired) electrons. The van der Waals surface area contributed by atoms with Crippen molar-refractivity contribution in [2.24, 2.45) is 0 Å². The van der Waals surface area contributed by atoms with E-state index >= 15 is 0 Å². The lowest BCUT2D eigenvalue weighted by atomic mass is 10.1. The van der Waals surface area contributed by atoms with Crippen molar-refractivity contribution in [2.75, 3.05) is 26.7 Å². The highest BCUT2D eigenvalue weighted by Crippen LogP contribution is 2.39. The highest BCUT2D eigenvalue weighted by atomic mass is 35.5. The van der Waals surface area contributed by atoms with Crippen LogP contribution in [-0.2, 0) is 6.54 Å². The molecule has 0 bridgehead atoms. The lowest BCUT2D eigenvalue weighted by Crippen LogP contribution is -2.46. The zero-order chi connectivity index (χ0) is 15.8. The number of piperazine rings is 1. The van der Waals surface area contributed by atoms with Gasteiger partial charge in [0, 0.05) is 44.5 Å². The average molecular weight is 334 g/mol. The Hall–Kier alpha value is -1.50. The van der Waals surface area contributed by atoms with E-state index in [1.165, 1.54) is 12.8 Å². The van der Waals surface area contributed by atoms with Gasteiger partial charge in [0.2, 0.25) is 5.89 Å². The van der Waals surface area contributed by atoms with Gasteiger partial charge in [-0.3, -0.25) is 14.8 Å². The van der Waals surface area contributed by atoms with Crippen LogP contribution >= 0.6 is 11.6 Å². The minimum atomic E-state index is 0.143. The fourth-order valence-corrected chi connectivity index (χ4v) is 3.18. The summed E-state index contributed by atoms with van der Waals surface area (Å²) in [5, 5.41) is 4.87. The Labute approximate surface area is 140 Å². The van der Waals surface area contributed by atoms with Crippen LogP contribution in [0.3, 0.4) is 0 Å². The fraction of sp³-hybridized carbons (Fsp3) is 0.562. The van der Waals surface area contributed by atoms with Gasteiger partial charge < -0.3 is 4.52 Å². The minimum absolute atomic E-state index is 0.143. The van der Waals surface area contributed by atoms with Crippen LogP contribution in [0, 0.1) is 0 Å². The Bertz CT molecular complexity index is 687. The van der Waals surface area contributed by atoms with Crippen LogP contribution < -0.4 is 0 Å². The lowest BCUT2D eigenvalue weighted by molar-refractivity contribution is 0.0714. The van der Waals surface area contributed by atoms with E-state index in [1.807, 2.05) is 6.07 Å². The topological polar surface area (TPSA) is 58.3 Å². The van der Waals surface area contributed by atoms with Gasteiger partial charge in [0.15, 0.2) is 5.82 Å². The first kappa shape index (κ1) is 15.1. The molecular weight excluding hydrogens is 314 g/mol. The summed E-state index contributed by atoms with van der Waals surface area (Å²) in [6, 6.07) is 2.12. The van der Waals surface area contributed by atoms with Crippen molar-refractivity contribution in [3.8, 4) is 0 Å². The Morgan fingerprint density at radius 1 is 1.35 bits per heavy atom. The molecule has 2 aliphatic rings.